The van der Waals surface area contributed by atoms with Crippen molar-refractivity contribution in [3.8, 4) is 11.5 Å². The highest BCUT2D eigenvalue weighted by atomic mass is 16.5. The summed E-state index contributed by atoms with van der Waals surface area (Å²) in [6.07, 6.45) is 0.365. The lowest BCUT2D eigenvalue weighted by Gasteiger charge is -2.33. The number of carbonyl (C=O) groups excluding carboxylic acids is 3. The quantitative estimate of drug-likeness (QED) is 0.410. The number of carbonyl (C=O) groups is 3. The molecule has 0 saturated carbocycles. The Hall–Kier alpha value is -4.59. The van der Waals surface area contributed by atoms with Crippen molar-refractivity contribution in [3.63, 3.8) is 0 Å². The molecule has 0 saturated heterocycles. The number of urea groups is 1. The van der Waals surface area contributed by atoms with Crippen LogP contribution in [0.25, 0.3) is 0 Å². The summed E-state index contributed by atoms with van der Waals surface area (Å²) in [6, 6.07) is 24.7. The van der Waals surface area contributed by atoms with Crippen molar-refractivity contribution in [1.82, 2.24) is 20.4 Å². The molecule has 8 heteroatoms. The Morgan fingerprint density at radius 3 is 2.33 bits per heavy atom. The van der Waals surface area contributed by atoms with E-state index in [1.807, 2.05) is 106 Å². The van der Waals surface area contributed by atoms with Gasteiger partial charge in [-0.1, -0.05) is 60.7 Å². The first kappa shape index (κ1) is 27.0. The summed E-state index contributed by atoms with van der Waals surface area (Å²) in [7, 11) is 0. The van der Waals surface area contributed by atoms with Crippen LogP contribution in [0.1, 0.15) is 37.9 Å². The third kappa shape index (κ3) is 5.57. The van der Waals surface area contributed by atoms with Gasteiger partial charge in [-0.15, -0.1) is 0 Å². The molecule has 2 aliphatic heterocycles. The Morgan fingerprint density at radius 1 is 0.975 bits per heavy atom. The maximum Gasteiger partial charge on any atom is 0.322 e. The standard InChI is InChI=1S/C32H34N4O4/c1-4-35-27-20-36(26(30(37)33-21(2)3)18-22-12-7-5-8-13-22)31(38)28(27)29(34-32(35)39)23-14-11-17-25(19-23)40-24-15-9-6-10-16-24/h5-17,19,21,26,29H,4,18,20H2,1-3H3,(H,33,37)(H,34,39)/t26-,29-/m1/s1. The lowest BCUT2D eigenvalue weighted by Crippen LogP contribution is -2.51. The minimum absolute atomic E-state index is 0.0819. The van der Waals surface area contributed by atoms with E-state index in [1.54, 1.807) is 9.80 Å². The molecular formula is C32H34N4O4. The van der Waals surface area contributed by atoms with E-state index in [9.17, 15) is 14.4 Å². The topological polar surface area (TPSA) is 91.0 Å². The van der Waals surface area contributed by atoms with E-state index >= 15 is 0 Å². The van der Waals surface area contributed by atoms with Gasteiger partial charge in [-0.2, -0.15) is 0 Å². The fraction of sp³-hybridized carbons (Fsp3) is 0.281. The van der Waals surface area contributed by atoms with Crippen molar-refractivity contribution in [1.29, 1.82) is 0 Å². The number of ether oxygens (including phenoxy) is 1. The van der Waals surface area contributed by atoms with Gasteiger partial charge < -0.3 is 20.3 Å². The molecule has 0 aromatic heterocycles. The highest BCUT2D eigenvalue weighted by Crippen LogP contribution is 2.38. The molecule has 0 spiro atoms. The van der Waals surface area contributed by atoms with Crippen molar-refractivity contribution < 1.29 is 19.1 Å². The number of rotatable bonds is 9. The summed E-state index contributed by atoms with van der Waals surface area (Å²) in [4.78, 5) is 44.0. The molecule has 2 aliphatic rings. The van der Waals surface area contributed by atoms with Crippen LogP contribution < -0.4 is 15.4 Å². The number of hydrogen-bond acceptors (Lipinski definition) is 4. The van der Waals surface area contributed by atoms with Gasteiger partial charge in [-0.05, 0) is 56.2 Å². The number of benzene rings is 3. The SMILES string of the molecule is CCN1C(=O)N[C@H](c2cccc(Oc3ccccc3)c2)C2=C1CN([C@H](Cc1ccccc1)C(=O)NC(C)C)C2=O. The van der Waals surface area contributed by atoms with Gasteiger partial charge in [0, 0.05) is 19.0 Å². The fourth-order valence-electron chi connectivity index (χ4n) is 5.29. The van der Waals surface area contributed by atoms with Gasteiger partial charge in [-0.3, -0.25) is 14.5 Å². The minimum atomic E-state index is -0.731. The number of hydrogen-bond donors (Lipinski definition) is 2. The van der Waals surface area contributed by atoms with E-state index in [2.05, 4.69) is 10.6 Å². The zero-order valence-electron chi connectivity index (χ0n) is 23.0. The summed E-state index contributed by atoms with van der Waals surface area (Å²) in [6.45, 7) is 6.24. The van der Waals surface area contributed by atoms with Crippen LogP contribution in [0, 0.1) is 0 Å². The van der Waals surface area contributed by atoms with Gasteiger partial charge in [0.05, 0.1) is 23.9 Å². The molecule has 4 amide bonds. The maximum absolute atomic E-state index is 14.2. The largest absolute Gasteiger partial charge is 0.457 e. The first-order chi connectivity index (χ1) is 19.4. The first-order valence-electron chi connectivity index (χ1n) is 13.6. The molecule has 2 N–H and O–H groups in total. The van der Waals surface area contributed by atoms with Gasteiger partial charge >= 0.3 is 6.03 Å². The highest BCUT2D eigenvalue weighted by Gasteiger charge is 2.46. The number of nitrogens with one attached hydrogen (secondary N) is 2. The van der Waals surface area contributed by atoms with Crippen molar-refractivity contribution in [2.24, 2.45) is 0 Å². The Kier molecular flexibility index (Phi) is 7.86. The maximum atomic E-state index is 14.2. The van der Waals surface area contributed by atoms with E-state index in [0.717, 1.165) is 11.1 Å². The summed E-state index contributed by atoms with van der Waals surface area (Å²) in [5, 5.41) is 6.01. The van der Waals surface area contributed by atoms with Crippen molar-refractivity contribution in [3.05, 3.63) is 107 Å². The summed E-state index contributed by atoms with van der Waals surface area (Å²) < 4.78 is 6.02. The van der Waals surface area contributed by atoms with Crippen LogP contribution in [0.15, 0.2) is 96.2 Å². The Morgan fingerprint density at radius 2 is 1.65 bits per heavy atom. The molecule has 206 valence electrons. The van der Waals surface area contributed by atoms with Crippen LogP contribution in [0.2, 0.25) is 0 Å². The fourth-order valence-corrected chi connectivity index (χ4v) is 5.29. The number of para-hydroxylation sites is 1. The van der Waals surface area contributed by atoms with Gasteiger partial charge in [0.1, 0.15) is 17.5 Å². The Bertz CT molecular complexity index is 1420. The molecule has 3 aromatic carbocycles. The molecule has 0 unspecified atom stereocenters. The molecular weight excluding hydrogens is 504 g/mol. The summed E-state index contributed by atoms with van der Waals surface area (Å²) >= 11 is 0. The molecule has 0 fully saturated rings. The Balaban J connectivity index is 1.49. The van der Waals surface area contributed by atoms with E-state index < -0.39 is 12.1 Å². The predicted octanol–water partition coefficient (Wildman–Crippen LogP) is 4.80. The van der Waals surface area contributed by atoms with E-state index in [-0.39, 0.29) is 30.4 Å². The third-order valence-electron chi connectivity index (χ3n) is 7.12. The zero-order valence-corrected chi connectivity index (χ0v) is 23.0. The molecule has 3 aromatic rings. The molecule has 0 radical (unpaired) electrons. The minimum Gasteiger partial charge on any atom is -0.457 e. The van der Waals surface area contributed by atoms with Crippen molar-refractivity contribution in [2.75, 3.05) is 13.1 Å². The predicted molar refractivity (Wildman–Crippen MR) is 153 cm³/mol. The molecule has 40 heavy (non-hydrogen) atoms. The van der Waals surface area contributed by atoms with Crippen LogP contribution in [-0.2, 0) is 16.0 Å². The third-order valence-corrected chi connectivity index (χ3v) is 7.12. The molecule has 8 nitrogen and oxygen atoms in total. The zero-order chi connectivity index (χ0) is 28.2. The average Bonchev–Trinajstić information content (AvgIpc) is 3.28. The lowest BCUT2D eigenvalue weighted by molar-refractivity contribution is -0.136. The number of nitrogens with zero attached hydrogens (tertiary/aromatic N) is 2. The van der Waals surface area contributed by atoms with Crippen LogP contribution in [0.3, 0.4) is 0 Å². The monoisotopic (exact) mass is 538 g/mol. The van der Waals surface area contributed by atoms with Crippen LogP contribution >= 0.6 is 0 Å². The molecule has 5 rings (SSSR count). The number of likely N-dealkylation sites (N-methyl/N-ethyl adjacent to an activating group) is 1. The van der Waals surface area contributed by atoms with Crippen LogP contribution in [0.4, 0.5) is 4.79 Å². The first-order valence-corrected chi connectivity index (χ1v) is 13.6. The summed E-state index contributed by atoms with van der Waals surface area (Å²) in [5.74, 6) is 0.808. The van der Waals surface area contributed by atoms with Crippen LogP contribution in [-0.4, -0.2) is 52.8 Å². The van der Waals surface area contributed by atoms with E-state index in [4.69, 9.17) is 4.74 Å². The van der Waals surface area contributed by atoms with Crippen LogP contribution in [0.5, 0.6) is 11.5 Å². The number of amides is 4. The lowest BCUT2D eigenvalue weighted by atomic mass is 9.95. The molecule has 0 bridgehead atoms. The average molecular weight is 539 g/mol. The van der Waals surface area contributed by atoms with Crippen molar-refractivity contribution >= 4 is 17.8 Å². The van der Waals surface area contributed by atoms with Gasteiger partial charge in [0.2, 0.25) is 5.91 Å². The van der Waals surface area contributed by atoms with Gasteiger partial charge in [0.15, 0.2) is 0 Å². The Labute approximate surface area is 234 Å². The second-order valence-electron chi connectivity index (χ2n) is 10.3. The van der Waals surface area contributed by atoms with E-state index in [1.165, 1.54) is 0 Å². The molecule has 2 heterocycles. The van der Waals surface area contributed by atoms with Gasteiger partial charge in [0.25, 0.3) is 5.91 Å². The second-order valence-corrected chi connectivity index (χ2v) is 10.3. The molecule has 2 atom stereocenters. The second kappa shape index (κ2) is 11.7. The molecule has 0 aliphatic carbocycles. The normalized spacial score (nSPS) is 17.6. The van der Waals surface area contributed by atoms with E-state index in [0.29, 0.717) is 35.7 Å². The van der Waals surface area contributed by atoms with Gasteiger partial charge in [-0.25, -0.2) is 4.79 Å². The highest BCUT2D eigenvalue weighted by molar-refractivity contribution is 6.03. The summed E-state index contributed by atoms with van der Waals surface area (Å²) in [5.41, 5.74) is 2.79. The van der Waals surface area contributed by atoms with Crippen molar-refractivity contribution in [2.45, 2.75) is 45.3 Å². The smallest absolute Gasteiger partial charge is 0.322 e.